The number of aliphatic hydroxyl groups excluding tert-OH is 1. The second kappa shape index (κ2) is 10.5. The average Bonchev–Trinajstić information content (AvgIpc) is 3.19. The standard InChI is InChI=1S/C27H30F5N3OS/c1-16-9-23-24(19-5-2-3-6-22(19)37-23)26(35(16)14-27(31,32)15-36)25-20(29)10-17(11-21(25)30)33-18-12-34(13-18)8-4-7-28/h2-3,5-6,10-11,16,18,26,33,36H,4,7-9,12-15H2,1H3/t16-,26+/m0/s1. The zero-order chi connectivity index (χ0) is 26.3. The van der Waals surface area contributed by atoms with Crippen LogP contribution in [0.15, 0.2) is 36.4 Å². The summed E-state index contributed by atoms with van der Waals surface area (Å²) in [7, 11) is 0. The summed E-state index contributed by atoms with van der Waals surface area (Å²) in [6.45, 7) is 1.16. The molecule has 0 spiro atoms. The number of nitrogens with zero attached hydrogens (tertiary/aromatic N) is 2. The molecule has 0 saturated carbocycles. The van der Waals surface area contributed by atoms with Gasteiger partial charge < -0.3 is 10.4 Å². The molecule has 3 aromatic rings. The van der Waals surface area contributed by atoms with E-state index in [2.05, 4.69) is 10.2 Å². The molecule has 10 heteroatoms. The maximum absolute atomic E-state index is 15.7. The Morgan fingerprint density at radius 1 is 1.11 bits per heavy atom. The van der Waals surface area contributed by atoms with E-state index in [0.29, 0.717) is 38.0 Å². The predicted molar refractivity (Wildman–Crippen MR) is 136 cm³/mol. The van der Waals surface area contributed by atoms with Crippen LogP contribution >= 0.6 is 11.3 Å². The van der Waals surface area contributed by atoms with Crippen molar-refractivity contribution in [2.75, 3.05) is 44.8 Å². The molecule has 2 aromatic carbocycles. The Balaban J connectivity index is 1.51. The van der Waals surface area contributed by atoms with Gasteiger partial charge in [-0.3, -0.25) is 14.2 Å². The van der Waals surface area contributed by atoms with E-state index < -0.39 is 42.8 Å². The fourth-order valence-electron chi connectivity index (χ4n) is 5.54. The Labute approximate surface area is 216 Å². The van der Waals surface area contributed by atoms with Crippen LogP contribution in [0.25, 0.3) is 10.1 Å². The molecule has 2 atom stereocenters. The number of benzene rings is 2. The molecule has 4 nitrogen and oxygen atoms in total. The minimum Gasteiger partial charge on any atom is -0.390 e. The van der Waals surface area contributed by atoms with Gasteiger partial charge in [0.1, 0.15) is 18.2 Å². The second-order valence-corrected chi connectivity index (χ2v) is 11.2. The normalized spacial score (nSPS) is 21.3. The molecule has 37 heavy (non-hydrogen) atoms. The van der Waals surface area contributed by atoms with Gasteiger partial charge in [-0.2, -0.15) is 0 Å². The number of likely N-dealkylation sites (tertiary alicyclic amines) is 1. The number of hydrogen-bond acceptors (Lipinski definition) is 5. The molecule has 1 saturated heterocycles. The van der Waals surface area contributed by atoms with Gasteiger partial charge in [0, 0.05) is 46.5 Å². The van der Waals surface area contributed by atoms with Gasteiger partial charge in [-0.1, -0.05) is 18.2 Å². The molecule has 2 aliphatic heterocycles. The molecule has 0 bridgehead atoms. The van der Waals surface area contributed by atoms with Gasteiger partial charge in [0.25, 0.3) is 5.92 Å². The molecular weight excluding hydrogens is 509 g/mol. The number of fused-ring (bicyclic) bond motifs is 3. The van der Waals surface area contributed by atoms with Crippen molar-refractivity contribution in [3.05, 3.63) is 64.0 Å². The molecule has 0 aliphatic carbocycles. The highest BCUT2D eigenvalue weighted by Gasteiger charge is 2.43. The van der Waals surface area contributed by atoms with Crippen LogP contribution in [-0.4, -0.2) is 72.4 Å². The van der Waals surface area contributed by atoms with E-state index in [9.17, 15) is 18.3 Å². The maximum Gasteiger partial charge on any atom is 0.283 e. The van der Waals surface area contributed by atoms with E-state index in [-0.39, 0.29) is 24.0 Å². The van der Waals surface area contributed by atoms with Gasteiger partial charge in [-0.15, -0.1) is 11.3 Å². The first-order chi connectivity index (χ1) is 17.7. The fraction of sp³-hybridized carbons (Fsp3) is 0.481. The third-order valence-corrected chi connectivity index (χ3v) is 8.51. The number of thiophene rings is 1. The molecule has 0 amide bonds. The molecule has 5 rings (SSSR count). The molecule has 2 aliphatic rings. The van der Waals surface area contributed by atoms with Crippen molar-refractivity contribution in [1.29, 1.82) is 0 Å². The van der Waals surface area contributed by atoms with E-state index in [1.54, 1.807) is 6.92 Å². The molecule has 1 fully saturated rings. The van der Waals surface area contributed by atoms with Crippen LogP contribution in [0.3, 0.4) is 0 Å². The molecule has 0 radical (unpaired) electrons. The maximum atomic E-state index is 15.7. The van der Waals surface area contributed by atoms with Crippen molar-refractivity contribution >= 4 is 27.1 Å². The molecule has 3 heterocycles. The summed E-state index contributed by atoms with van der Waals surface area (Å²) in [5.74, 6) is -5.05. The highest BCUT2D eigenvalue weighted by molar-refractivity contribution is 7.19. The van der Waals surface area contributed by atoms with Gasteiger partial charge >= 0.3 is 0 Å². The quantitative estimate of drug-likeness (QED) is 0.348. The van der Waals surface area contributed by atoms with Crippen LogP contribution in [-0.2, 0) is 6.42 Å². The predicted octanol–water partition coefficient (Wildman–Crippen LogP) is 5.60. The van der Waals surface area contributed by atoms with Gasteiger partial charge in [-0.25, -0.2) is 17.6 Å². The van der Waals surface area contributed by atoms with Crippen LogP contribution < -0.4 is 5.32 Å². The molecule has 2 N–H and O–H groups in total. The molecular formula is C27H30F5N3OS. The van der Waals surface area contributed by atoms with E-state index in [0.717, 1.165) is 15.0 Å². The number of halogens is 5. The third kappa shape index (κ3) is 5.21. The Kier molecular flexibility index (Phi) is 7.46. The number of hydrogen-bond donors (Lipinski definition) is 2. The Bertz CT molecular complexity index is 1240. The lowest BCUT2D eigenvalue weighted by molar-refractivity contribution is -0.0864. The highest BCUT2D eigenvalue weighted by atomic mass is 32.1. The number of nitrogens with one attached hydrogen (secondary N) is 1. The van der Waals surface area contributed by atoms with Crippen molar-refractivity contribution < 1.29 is 27.1 Å². The SMILES string of the molecule is C[C@H]1Cc2sc3ccccc3c2[C@H](c2c(F)cc(NC3CN(CCCF)C3)cc2F)N1CC(F)(F)CO. The summed E-state index contributed by atoms with van der Waals surface area (Å²) in [6, 6.07) is 8.41. The summed E-state index contributed by atoms with van der Waals surface area (Å²) in [6.07, 6.45) is 0.922. The van der Waals surface area contributed by atoms with Crippen LogP contribution in [0.2, 0.25) is 0 Å². The first-order valence-corrected chi connectivity index (χ1v) is 13.3. The van der Waals surface area contributed by atoms with Crippen LogP contribution in [0.5, 0.6) is 0 Å². The monoisotopic (exact) mass is 539 g/mol. The van der Waals surface area contributed by atoms with Crippen molar-refractivity contribution in [2.45, 2.75) is 43.8 Å². The van der Waals surface area contributed by atoms with Crippen LogP contribution in [0, 0.1) is 11.6 Å². The van der Waals surface area contributed by atoms with Crippen molar-refractivity contribution in [3.8, 4) is 0 Å². The summed E-state index contributed by atoms with van der Waals surface area (Å²) in [5, 5.41) is 13.2. The highest BCUT2D eigenvalue weighted by Crippen LogP contribution is 2.47. The second-order valence-electron chi connectivity index (χ2n) is 10.1. The fourth-order valence-corrected chi connectivity index (χ4v) is 6.90. The first kappa shape index (κ1) is 26.3. The van der Waals surface area contributed by atoms with Crippen LogP contribution in [0.4, 0.5) is 27.6 Å². The van der Waals surface area contributed by atoms with E-state index >= 15 is 8.78 Å². The number of aliphatic hydroxyl groups is 1. The lowest BCUT2D eigenvalue weighted by atomic mass is 9.87. The van der Waals surface area contributed by atoms with E-state index in [4.69, 9.17) is 0 Å². The summed E-state index contributed by atoms with van der Waals surface area (Å²) in [4.78, 5) is 4.40. The Hall–Kier alpha value is -2.27. The Morgan fingerprint density at radius 2 is 1.81 bits per heavy atom. The van der Waals surface area contributed by atoms with Crippen molar-refractivity contribution in [1.82, 2.24) is 9.80 Å². The first-order valence-electron chi connectivity index (χ1n) is 12.5. The topological polar surface area (TPSA) is 38.7 Å². The third-order valence-electron chi connectivity index (χ3n) is 7.30. The van der Waals surface area contributed by atoms with Gasteiger partial charge in [0.2, 0.25) is 0 Å². The smallest absolute Gasteiger partial charge is 0.283 e. The minimum atomic E-state index is -3.43. The number of alkyl halides is 3. The molecule has 200 valence electrons. The zero-order valence-electron chi connectivity index (χ0n) is 20.5. The molecule has 0 unspecified atom stereocenters. The minimum absolute atomic E-state index is 0.00821. The number of rotatable bonds is 9. The van der Waals surface area contributed by atoms with Gasteiger partial charge in [0.05, 0.1) is 25.3 Å². The van der Waals surface area contributed by atoms with Gasteiger partial charge in [-0.05, 0) is 48.9 Å². The summed E-state index contributed by atoms with van der Waals surface area (Å²) < 4.78 is 73.7. The van der Waals surface area contributed by atoms with E-state index in [1.165, 1.54) is 28.4 Å². The van der Waals surface area contributed by atoms with Crippen LogP contribution in [0.1, 0.15) is 35.4 Å². The lowest BCUT2D eigenvalue weighted by Gasteiger charge is -2.43. The van der Waals surface area contributed by atoms with E-state index in [1.807, 2.05) is 24.3 Å². The lowest BCUT2D eigenvalue weighted by Crippen LogP contribution is -2.54. The zero-order valence-corrected chi connectivity index (χ0v) is 21.3. The molecule has 1 aromatic heterocycles. The van der Waals surface area contributed by atoms with Crippen molar-refractivity contribution in [3.63, 3.8) is 0 Å². The van der Waals surface area contributed by atoms with Crippen molar-refractivity contribution in [2.24, 2.45) is 0 Å². The summed E-state index contributed by atoms with van der Waals surface area (Å²) in [5.41, 5.74) is 0.655. The average molecular weight is 540 g/mol. The Morgan fingerprint density at radius 3 is 2.49 bits per heavy atom. The van der Waals surface area contributed by atoms with Gasteiger partial charge in [0.15, 0.2) is 0 Å². The number of anilines is 1. The summed E-state index contributed by atoms with van der Waals surface area (Å²) >= 11 is 1.52. The largest absolute Gasteiger partial charge is 0.390 e.